The minimum absolute atomic E-state index is 0.0248. The van der Waals surface area contributed by atoms with E-state index in [1.165, 1.54) is 4.90 Å². The van der Waals surface area contributed by atoms with E-state index in [4.69, 9.17) is 11.6 Å². The van der Waals surface area contributed by atoms with Gasteiger partial charge in [0.2, 0.25) is 0 Å². The number of fused-ring (bicyclic) bond motifs is 1. The maximum atomic E-state index is 11.9. The molecule has 0 saturated heterocycles. The molecule has 1 aliphatic rings. The van der Waals surface area contributed by atoms with Crippen LogP contribution in [-0.2, 0) is 0 Å². The van der Waals surface area contributed by atoms with Crippen LogP contribution in [0.15, 0.2) is 23.1 Å². The van der Waals surface area contributed by atoms with E-state index in [-0.39, 0.29) is 18.6 Å². The van der Waals surface area contributed by atoms with Crippen LogP contribution in [0.2, 0.25) is 5.02 Å². The summed E-state index contributed by atoms with van der Waals surface area (Å²) in [6, 6.07) is 5.52. The van der Waals surface area contributed by atoms with Crippen molar-refractivity contribution in [1.82, 2.24) is 10.6 Å². The molecular weight excluding hydrogens is 308 g/mol. The molecule has 3 N–H and O–H groups in total. The summed E-state index contributed by atoms with van der Waals surface area (Å²) in [7, 11) is 0. The lowest BCUT2D eigenvalue weighted by Crippen LogP contribution is -2.42. The van der Waals surface area contributed by atoms with Crippen molar-refractivity contribution in [3.8, 4) is 0 Å². The Bertz CT molecular complexity index is 499. The number of benzene rings is 1. The summed E-state index contributed by atoms with van der Waals surface area (Å²) < 4.78 is 0. The number of aliphatic hydroxyl groups is 1. The highest BCUT2D eigenvalue weighted by molar-refractivity contribution is 7.99. The zero-order valence-electron chi connectivity index (χ0n) is 12.1. The van der Waals surface area contributed by atoms with Gasteiger partial charge in [-0.25, -0.2) is 4.79 Å². The molecule has 1 heterocycles. The molecule has 4 nitrogen and oxygen atoms in total. The molecule has 0 radical (unpaired) electrons. The molecule has 1 aromatic carbocycles. The molecule has 2 amide bonds. The minimum Gasteiger partial charge on any atom is -0.391 e. The molecule has 0 bridgehead atoms. The smallest absolute Gasteiger partial charge is 0.315 e. The molecular formula is C15H21ClN2O2S. The Morgan fingerprint density at radius 3 is 3.14 bits per heavy atom. The number of aliphatic hydroxyl groups excluding tert-OH is 1. The van der Waals surface area contributed by atoms with Crippen molar-refractivity contribution >= 4 is 29.4 Å². The maximum absolute atomic E-state index is 11.9. The standard InChI is InChI=1S/C15H21ClN2O2S/c1-2-3-11(19)9-17-15(20)18-13-6-7-21-14-5-4-10(16)8-12(13)14/h4-5,8,11,13,19H,2-3,6-7,9H2,1H3,(H2,17,18,20). The lowest BCUT2D eigenvalue weighted by atomic mass is 10.0. The van der Waals surface area contributed by atoms with E-state index in [1.807, 2.05) is 25.1 Å². The fourth-order valence-corrected chi connectivity index (χ4v) is 3.66. The molecule has 2 rings (SSSR count). The van der Waals surface area contributed by atoms with Gasteiger partial charge >= 0.3 is 6.03 Å². The van der Waals surface area contributed by atoms with E-state index in [2.05, 4.69) is 10.6 Å². The summed E-state index contributed by atoms with van der Waals surface area (Å²) >= 11 is 7.83. The van der Waals surface area contributed by atoms with Crippen molar-refractivity contribution in [1.29, 1.82) is 0 Å². The highest BCUT2D eigenvalue weighted by Gasteiger charge is 2.22. The second-order valence-corrected chi connectivity index (χ2v) is 6.74. The van der Waals surface area contributed by atoms with Gasteiger partial charge in [0.1, 0.15) is 0 Å². The molecule has 1 aromatic rings. The van der Waals surface area contributed by atoms with Crippen molar-refractivity contribution in [2.45, 2.75) is 43.2 Å². The summed E-state index contributed by atoms with van der Waals surface area (Å²) in [6.07, 6.45) is 1.99. The number of carbonyl (C=O) groups excluding carboxylic acids is 1. The Balaban J connectivity index is 1.92. The maximum Gasteiger partial charge on any atom is 0.315 e. The zero-order valence-corrected chi connectivity index (χ0v) is 13.6. The predicted molar refractivity (Wildman–Crippen MR) is 87.0 cm³/mol. The molecule has 6 heteroatoms. The van der Waals surface area contributed by atoms with Gasteiger partial charge in [-0.3, -0.25) is 0 Å². The third kappa shape index (κ3) is 4.80. The van der Waals surface area contributed by atoms with Gasteiger partial charge in [-0.15, -0.1) is 11.8 Å². The Labute approximate surface area is 134 Å². The Kier molecular flexibility index (Phi) is 6.21. The number of amides is 2. The van der Waals surface area contributed by atoms with Gasteiger partial charge in [0.05, 0.1) is 12.1 Å². The molecule has 2 atom stereocenters. The van der Waals surface area contributed by atoms with Gasteiger partial charge in [0.25, 0.3) is 0 Å². The molecule has 116 valence electrons. The van der Waals surface area contributed by atoms with E-state index < -0.39 is 6.10 Å². The van der Waals surface area contributed by atoms with Gasteiger partial charge in [-0.2, -0.15) is 0 Å². The molecule has 0 spiro atoms. The third-order valence-electron chi connectivity index (χ3n) is 3.44. The van der Waals surface area contributed by atoms with Crippen molar-refractivity contribution in [3.63, 3.8) is 0 Å². The summed E-state index contributed by atoms with van der Waals surface area (Å²) in [5, 5.41) is 16.0. The highest BCUT2D eigenvalue weighted by Crippen LogP contribution is 2.37. The quantitative estimate of drug-likeness (QED) is 0.777. The van der Waals surface area contributed by atoms with Crippen LogP contribution in [0.5, 0.6) is 0 Å². The second-order valence-electron chi connectivity index (χ2n) is 5.17. The number of hydrogen-bond donors (Lipinski definition) is 3. The van der Waals surface area contributed by atoms with Crippen LogP contribution in [0.25, 0.3) is 0 Å². The van der Waals surface area contributed by atoms with Crippen LogP contribution in [-0.4, -0.2) is 29.5 Å². The number of hydrogen-bond acceptors (Lipinski definition) is 3. The first-order chi connectivity index (χ1) is 10.1. The largest absolute Gasteiger partial charge is 0.391 e. The van der Waals surface area contributed by atoms with Gasteiger partial charge in [-0.1, -0.05) is 24.9 Å². The van der Waals surface area contributed by atoms with Gasteiger partial charge in [0.15, 0.2) is 0 Å². The zero-order chi connectivity index (χ0) is 15.2. The van der Waals surface area contributed by atoms with Crippen LogP contribution in [0.3, 0.4) is 0 Å². The van der Waals surface area contributed by atoms with E-state index in [0.29, 0.717) is 11.4 Å². The first-order valence-electron chi connectivity index (χ1n) is 7.24. The molecule has 0 fully saturated rings. The number of rotatable bonds is 5. The van der Waals surface area contributed by atoms with Gasteiger partial charge < -0.3 is 15.7 Å². The Morgan fingerprint density at radius 1 is 1.57 bits per heavy atom. The van der Waals surface area contributed by atoms with E-state index in [9.17, 15) is 9.90 Å². The number of thioether (sulfide) groups is 1. The second kappa shape index (κ2) is 7.92. The van der Waals surface area contributed by atoms with Crippen LogP contribution in [0, 0.1) is 0 Å². The average Bonchev–Trinajstić information content (AvgIpc) is 2.46. The highest BCUT2D eigenvalue weighted by atomic mass is 35.5. The van der Waals surface area contributed by atoms with Crippen molar-refractivity contribution in [2.24, 2.45) is 0 Å². The number of carbonyl (C=O) groups is 1. The fraction of sp³-hybridized carbons (Fsp3) is 0.533. The Morgan fingerprint density at radius 2 is 2.38 bits per heavy atom. The Hall–Kier alpha value is -0.910. The summed E-state index contributed by atoms with van der Waals surface area (Å²) in [5.74, 6) is 0.970. The topological polar surface area (TPSA) is 61.4 Å². The lowest BCUT2D eigenvalue weighted by Gasteiger charge is -2.26. The molecule has 0 saturated carbocycles. The van der Waals surface area contributed by atoms with Crippen LogP contribution in [0.4, 0.5) is 4.79 Å². The number of urea groups is 1. The fourth-order valence-electron chi connectivity index (χ4n) is 2.37. The number of halogens is 1. The van der Waals surface area contributed by atoms with Gasteiger partial charge in [-0.05, 0) is 36.6 Å². The molecule has 21 heavy (non-hydrogen) atoms. The first-order valence-corrected chi connectivity index (χ1v) is 8.61. The van der Waals surface area contributed by atoms with Crippen molar-refractivity contribution < 1.29 is 9.90 Å². The average molecular weight is 329 g/mol. The van der Waals surface area contributed by atoms with E-state index >= 15 is 0 Å². The van der Waals surface area contributed by atoms with Gasteiger partial charge in [0, 0.05) is 22.2 Å². The number of nitrogens with one attached hydrogen (secondary N) is 2. The van der Waals surface area contributed by atoms with Crippen LogP contribution >= 0.6 is 23.4 Å². The molecule has 0 aromatic heterocycles. The van der Waals surface area contributed by atoms with Crippen LogP contribution in [0.1, 0.15) is 37.8 Å². The molecule has 1 aliphatic heterocycles. The van der Waals surface area contributed by atoms with Crippen LogP contribution < -0.4 is 10.6 Å². The van der Waals surface area contributed by atoms with Crippen molar-refractivity contribution in [2.75, 3.05) is 12.3 Å². The summed E-state index contributed by atoms with van der Waals surface area (Å²) in [5.41, 5.74) is 1.07. The normalized spacial score (nSPS) is 18.7. The van der Waals surface area contributed by atoms with Crippen molar-refractivity contribution in [3.05, 3.63) is 28.8 Å². The minimum atomic E-state index is -0.482. The molecule has 0 aliphatic carbocycles. The SMILES string of the molecule is CCCC(O)CNC(=O)NC1CCSc2ccc(Cl)cc21. The predicted octanol–water partition coefficient (Wildman–Crippen LogP) is 3.34. The third-order valence-corrected chi connectivity index (χ3v) is 4.79. The van der Waals surface area contributed by atoms with E-state index in [0.717, 1.165) is 24.2 Å². The summed E-state index contributed by atoms with van der Waals surface area (Å²) in [6.45, 7) is 2.28. The summed E-state index contributed by atoms with van der Waals surface area (Å²) in [4.78, 5) is 13.1. The monoisotopic (exact) mass is 328 g/mol. The lowest BCUT2D eigenvalue weighted by molar-refractivity contribution is 0.160. The first kappa shape index (κ1) is 16.5. The molecule has 2 unspecified atom stereocenters. The van der Waals surface area contributed by atoms with E-state index in [1.54, 1.807) is 11.8 Å².